The highest BCUT2D eigenvalue weighted by Crippen LogP contribution is 2.29. The van der Waals surface area contributed by atoms with Crippen LogP contribution in [-0.2, 0) is 6.42 Å². The highest BCUT2D eigenvalue weighted by molar-refractivity contribution is 5.93. The highest BCUT2D eigenvalue weighted by atomic mass is 19.1. The van der Waals surface area contributed by atoms with Gasteiger partial charge in [-0.15, -0.1) is 0 Å². The number of anilines is 4. The molecule has 0 bridgehead atoms. The van der Waals surface area contributed by atoms with E-state index >= 15 is 0 Å². The van der Waals surface area contributed by atoms with E-state index in [1.165, 1.54) is 38.2 Å². The molecule has 5 rings (SSSR count). The number of nitrogens with zero attached hydrogens (tertiary/aromatic N) is 4. The van der Waals surface area contributed by atoms with Crippen LogP contribution in [0.3, 0.4) is 0 Å². The zero-order valence-corrected chi connectivity index (χ0v) is 18.7. The van der Waals surface area contributed by atoms with E-state index in [1.54, 1.807) is 18.5 Å². The SMILES string of the molecule is Cc1cccc2c(Nc3ccnc(Nc4cc(CC5CCCCC5)ccc4F)n3)cnnc12. The van der Waals surface area contributed by atoms with E-state index in [9.17, 15) is 4.39 Å². The fourth-order valence-electron chi connectivity index (χ4n) is 4.59. The Morgan fingerprint density at radius 1 is 1.00 bits per heavy atom. The third-order valence-corrected chi connectivity index (χ3v) is 6.32. The van der Waals surface area contributed by atoms with Crippen molar-refractivity contribution in [3.8, 4) is 0 Å². The second kappa shape index (κ2) is 9.48. The number of aryl methyl sites for hydroxylation is 1. The summed E-state index contributed by atoms with van der Waals surface area (Å²) in [6.07, 6.45) is 10.7. The summed E-state index contributed by atoms with van der Waals surface area (Å²) in [4.78, 5) is 8.81. The minimum absolute atomic E-state index is 0.316. The molecule has 168 valence electrons. The van der Waals surface area contributed by atoms with Crippen LogP contribution in [0, 0.1) is 18.7 Å². The fraction of sp³-hybridized carbons (Fsp3) is 0.308. The third kappa shape index (κ3) is 4.92. The third-order valence-electron chi connectivity index (χ3n) is 6.32. The van der Waals surface area contributed by atoms with Gasteiger partial charge in [-0.2, -0.15) is 15.2 Å². The number of hydrogen-bond acceptors (Lipinski definition) is 6. The van der Waals surface area contributed by atoms with Gasteiger partial charge in [0.2, 0.25) is 5.95 Å². The maximum atomic E-state index is 14.5. The van der Waals surface area contributed by atoms with Crippen molar-refractivity contribution >= 4 is 34.0 Å². The van der Waals surface area contributed by atoms with Gasteiger partial charge in [-0.05, 0) is 48.6 Å². The Balaban J connectivity index is 1.35. The summed E-state index contributed by atoms with van der Waals surface area (Å²) in [6.45, 7) is 2.00. The number of rotatable bonds is 6. The van der Waals surface area contributed by atoms with E-state index < -0.39 is 0 Å². The van der Waals surface area contributed by atoms with Gasteiger partial charge in [-0.3, -0.25) is 0 Å². The molecule has 0 aliphatic heterocycles. The van der Waals surface area contributed by atoms with E-state index in [0.29, 0.717) is 23.4 Å². The molecule has 0 amide bonds. The molecule has 0 atom stereocenters. The predicted octanol–water partition coefficient (Wildman–Crippen LogP) is 6.48. The van der Waals surface area contributed by atoms with Gasteiger partial charge in [-0.25, -0.2) is 9.37 Å². The molecule has 1 saturated carbocycles. The minimum Gasteiger partial charge on any atom is -0.338 e. The molecule has 1 aliphatic carbocycles. The van der Waals surface area contributed by atoms with Crippen molar-refractivity contribution in [3.63, 3.8) is 0 Å². The Hall–Kier alpha value is -3.61. The Morgan fingerprint density at radius 3 is 2.76 bits per heavy atom. The Morgan fingerprint density at radius 2 is 1.88 bits per heavy atom. The molecule has 1 fully saturated rings. The second-order valence-electron chi connectivity index (χ2n) is 8.77. The zero-order chi connectivity index (χ0) is 22.6. The van der Waals surface area contributed by atoms with E-state index in [0.717, 1.165) is 34.1 Å². The predicted molar refractivity (Wildman–Crippen MR) is 130 cm³/mol. The smallest absolute Gasteiger partial charge is 0.229 e. The molecule has 2 aromatic heterocycles. The van der Waals surface area contributed by atoms with Crippen molar-refractivity contribution in [2.45, 2.75) is 45.4 Å². The van der Waals surface area contributed by atoms with E-state index in [-0.39, 0.29) is 5.82 Å². The maximum Gasteiger partial charge on any atom is 0.229 e. The number of hydrogen-bond donors (Lipinski definition) is 2. The lowest BCUT2D eigenvalue weighted by molar-refractivity contribution is 0.356. The van der Waals surface area contributed by atoms with Gasteiger partial charge in [0.25, 0.3) is 0 Å². The summed E-state index contributed by atoms with van der Waals surface area (Å²) >= 11 is 0. The Bertz CT molecular complexity index is 1270. The normalized spacial score (nSPS) is 14.4. The molecule has 0 radical (unpaired) electrons. The van der Waals surface area contributed by atoms with E-state index in [1.807, 2.05) is 37.3 Å². The van der Waals surface area contributed by atoms with E-state index in [4.69, 9.17) is 0 Å². The number of aromatic nitrogens is 4. The van der Waals surface area contributed by atoms with Crippen molar-refractivity contribution in [3.05, 3.63) is 71.8 Å². The minimum atomic E-state index is -0.316. The van der Waals surface area contributed by atoms with Gasteiger partial charge in [0.05, 0.1) is 23.1 Å². The Labute approximate surface area is 192 Å². The van der Waals surface area contributed by atoms with Gasteiger partial charge < -0.3 is 10.6 Å². The van der Waals surface area contributed by atoms with Crippen LogP contribution in [-0.4, -0.2) is 20.2 Å². The molecule has 4 aromatic rings. The summed E-state index contributed by atoms with van der Waals surface area (Å²) in [5, 5.41) is 15.7. The van der Waals surface area contributed by atoms with Crippen molar-refractivity contribution in [2.75, 3.05) is 10.6 Å². The van der Waals surface area contributed by atoms with Crippen LogP contribution in [0.5, 0.6) is 0 Å². The largest absolute Gasteiger partial charge is 0.338 e. The van der Waals surface area contributed by atoms with Crippen molar-refractivity contribution < 1.29 is 4.39 Å². The van der Waals surface area contributed by atoms with Crippen LogP contribution in [0.2, 0.25) is 0 Å². The first kappa shape index (κ1) is 21.2. The van der Waals surface area contributed by atoms with Crippen molar-refractivity contribution in [1.29, 1.82) is 0 Å². The lowest BCUT2D eigenvalue weighted by Crippen LogP contribution is -2.09. The topological polar surface area (TPSA) is 75.6 Å². The van der Waals surface area contributed by atoms with Gasteiger partial charge in [0.15, 0.2) is 0 Å². The highest BCUT2D eigenvalue weighted by Gasteiger charge is 2.15. The maximum absolute atomic E-state index is 14.5. The standard InChI is InChI=1S/C26H27FN6/c1-17-6-5-9-20-23(16-29-33-25(17)20)30-24-12-13-28-26(32-24)31-22-15-19(10-11-21(22)27)14-18-7-3-2-4-8-18/h5-6,9-13,15-16,18H,2-4,7-8,14H2,1H3,(H2,28,30,31,32,33). The molecular weight excluding hydrogens is 415 g/mol. The van der Waals surface area contributed by atoms with Crippen LogP contribution in [0.25, 0.3) is 10.9 Å². The van der Waals surface area contributed by atoms with Gasteiger partial charge in [0.1, 0.15) is 11.6 Å². The molecule has 2 heterocycles. The average molecular weight is 443 g/mol. The second-order valence-corrected chi connectivity index (χ2v) is 8.77. The van der Waals surface area contributed by atoms with Crippen LogP contribution in [0.15, 0.2) is 54.9 Å². The molecule has 0 spiro atoms. The molecule has 2 aromatic carbocycles. The van der Waals surface area contributed by atoms with Crippen molar-refractivity contribution in [1.82, 2.24) is 20.2 Å². The molecule has 2 N–H and O–H groups in total. The number of fused-ring (bicyclic) bond motifs is 1. The van der Waals surface area contributed by atoms with Crippen LogP contribution in [0.1, 0.15) is 43.2 Å². The number of benzene rings is 2. The summed E-state index contributed by atoms with van der Waals surface area (Å²) < 4.78 is 14.5. The van der Waals surface area contributed by atoms with Crippen molar-refractivity contribution in [2.24, 2.45) is 5.92 Å². The monoisotopic (exact) mass is 442 g/mol. The van der Waals surface area contributed by atoms with Gasteiger partial charge in [0, 0.05) is 11.6 Å². The Kier molecular flexibility index (Phi) is 6.11. The molecule has 1 aliphatic rings. The first-order valence-electron chi connectivity index (χ1n) is 11.5. The average Bonchev–Trinajstić information content (AvgIpc) is 2.83. The molecule has 33 heavy (non-hydrogen) atoms. The van der Waals surface area contributed by atoms with Crippen LogP contribution in [0.4, 0.5) is 27.5 Å². The van der Waals surface area contributed by atoms with Gasteiger partial charge in [-0.1, -0.05) is 56.4 Å². The lowest BCUT2D eigenvalue weighted by atomic mass is 9.85. The summed E-state index contributed by atoms with van der Waals surface area (Å²) in [5.41, 5.74) is 4.23. The quantitative estimate of drug-likeness (QED) is 0.356. The zero-order valence-electron chi connectivity index (χ0n) is 18.7. The summed E-state index contributed by atoms with van der Waals surface area (Å²) in [5.74, 6) is 1.29. The molecular formula is C26H27FN6. The molecule has 0 saturated heterocycles. The number of halogens is 1. The number of nitrogens with one attached hydrogen (secondary N) is 2. The van der Waals surface area contributed by atoms with Crippen LogP contribution < -0.4 is 10.6 Å². The molecule has 6 nitrogen and oxygen atoms in total. The summed E-state index contributed by atoms with van der Waals surface area (Å²) in [6, 6.07) is 13.1. The summed E-state index contributed by atoms with van der Waals surface area (Å²) in [7, 11) is 0. The lowest BCUT2D eigenvalue weighted by Gasteiger charge is -2.21. The first-order chi connectivity index (χ1) is 16.2. The molecule has 7 heteroatoms. The fourth-order valence-corrected chi connectivity index (χ4v) is 4.59. The molecule has 0 unspecified atom stereocenters. The van der Waals surface area contributed by atoms with Gasteiger partial charge >= 0.3 is 0 Å². The first-order valence-corrected chi connectivity index (χ1v) is 11.5. The van der Waals surface area contributed by atoms with Crippen LogP contribution >= 0.6 is 0 Å². The van der Waals surface area contributed by atoms with E-state index in [2.05, 4.69) is 30.8 Å².